The molecular weight excluding hydrogens is 640 g/mol. The summed E-state index contributed by atoms with van der Waals surface area (Å²) in [5.41, 5.74) is 11.5. The quantitative estimate of drug-likeness (QED) is 0.150. The number of amides is 5. The number of aromatic nitrogens is 2. The molecule has 0 aliphatic carbocycles. The number of nitrogens with one attached hydrogen (secondary N) is 1. The zero-order valence-corrected chi connectivity index (χ0v) is 25.8. The fraction of sp³-hybridized carbons (Fsp3) is 0.556. The van der Waals surface area contributed by atoms with Crippen LogP contribution in [0.3, 0.4) is 0 Å². The number of fused-ring (bicyclic) bond motifs is 4. The molecule has 0 saturated carbocycles. The van der Waals surface area contributed by atoms with Crippen molar-refractivity contribution in [3.05, 3.63) is 47.7 Å². The van der Waals surface area contributed by atoms with Gasteiger partial charge in [0.05, 0.1) is 18.6 Å². The number of guanidine groups is 1. The largest absolute Gasteiger partial charge is 0.423 e. The highest BCUT2D eigenvalue weighted by Crippen LogP contribution is 2.38. The lowest BCUT2D eigenvalue weighted by Gasteiger charge is -2.28. The van der Waals surface area contributed by atoms with Crippen LogP contribution in [0.2, 0.25) is 0 Å². The number of carbonyl (C=O) groups is 3. The molecule has 4 atom stereocenters. The van der Waals surface area contributed by atoms with Gasteiger partial charge in [0, 0.05) is 26.6 Å². The summed E-state index contributed by atoms with van der Waals surface area (Å²) < 4.78 is 40.4. The van der Waals surface area contributed by atoms with Crippen LogP contribution in [-0.2, 0) is 37.3 Å². The van der Waals surface area contributed by atoms with E-state index in [2.05, 4.69) is 24.8 Å². The number of nitrogens with zero attached hydrogens (tertiary/aromatic N) is 7. The number of rotatable bonds is 10. The third-order valence-corrected chi connectivity index (χ3v) is 8.32. The first-order chi connectivity index (χ1) is 21.9. The van der Waals surface area contributed by atoms with Crippen LogP contribution in [0.1, 0.15) is 56.5 Å². The molecule has 1 aromatic heterocycles. The van der Waals surface area contributed by atoms with Gasteiger partial charge in [0.25, 0.3) is 0 Å². The predicted molar refractivity (Wildman–Crippen MR) is 164 cm³/mol. The Labute approximate surface area is 271 Å². The molecule has 6 N–H and O–H groups in total. The first-order valence-corrected chi connectivity index (χ1v) is 15.9. The predicted octanol–water partition coefficient (Wildman–Crippen LogP) is 0.330. The minimum atomic E-state index is -4.78. The van der Waals surface area contributed by atoms with E-state index in [1.807, 2.05) is 30.3 Å². The van der Waals surface area contributed by atoms with Crippen LogP contribution in [0.5, 0.6) is 0 Å². The SMILES string of the molecule is C.CNC(=O)[C@@H]1CC[C@@H]2CN1C(=O)N2OCc1ccccc1.NC(N)=NCCc1nnc([C@@H]2CC[C@@H]3CN2C(=O)N3OS(=O)(=O)O)o1. The number of hydrogen-bond donors (Lipinski definition) is 4. The van der Waals surface area contributed by atoms with E-state index in [0.717, 1.165) is 12.0 Å². The van der Waals surface area contributed by atoms with E-state index in [-0.39, 0.29) is 56.4 Å². The van der Waals surface area contributed by atoms with E-state index in [0.29, 0.717) is 49.8 Å². The number of hydrogen-bond acceptors (Lipinski definition) is 11. The Morgan fingerprint density at radius 2 is 1.70 bits per heavy atom. The molecule has 19 nitrogen and oxygen atoms in total. The smallest absolute Gasteiger partial charge is 0.418 e. The van der Waals surface area contributed by atoms with Gasteiger partial charge in [-0.25, -0.2) is 9.59 Å². The Bertz CT molecular complexity index is 1550. The highest BCUT2D eigenvalue weighted by atomic mass is 32.3. The van der Waals surface area contributed by atoms with Crippen molar-refractivity contribution in [2.75, 3.05) is 26.7 Å². The molecule has 4 aliphatic rings. The van der Waals surface area contributed by atoms with E-state index >= 15 is 0 Å². The lowest BCUT2D eigenvalue weighted by Crippen LogP contribution is -2.48. The van der Waals surface area contributed by atoms with Crippen LogP contribution in [-0.4, -0.2) is 112 Å². The van der Waals surface area contributed by atoms with Crippen LogP contribution >= 0.6 is 0 Å². The highest BCUT2D eigenvalue weighted by molar-refractivity contribution is 7.80. The number of carbonyl (C=O) groups excluding carboxylic acids is 3. The van der Waals surface area contributed by atoms with Crippen LogP contribution < -0.4 is 16.8 Å². The second-order valence-electron chi connectivity index (χ2n) is 11.0. The zero-order chi connectivity index (χ0) is 33.0. The van der Waals surface area contributed by atoms with E-state index < -0.39 is 28.5 Å². The fourth-order valence-corrected chi connectivity index (χ4v) is 6.22. The van der Waals surface area contributed by atoms with Gasteiger partial charge in [-0.05, 0) is 31.2 Å². The van der Waals surface area contributed by atoms with E-state index in [1.54, 1.807) is 11.9 Å². The minimum Gasteiger partial charge on any atom is -0.423 e. The second kappa shape index (κ2) is 14.9. The van der Waals surface area contributed by atoms with Crippen molar-refractivity contribution < 1.29 is 40.9 Å². The summed E-state index contributed by atoms with van der Waals surface area (Å²) in [6, 6.07) is 7.54. The Morgan fingerprint density at radius 3 is 2.38 bits per heavy atom. The average molecular weight is 681 g/mol. The number of piperidine rings is 2. The van der Waals surface area contributed by atoms with Gasteiger partial charge in [-0.15, -0.1) is 14.5 Å². The van der Waals surface area contributed by atoms with Gasteiger partial charge < -0.3 is 31.0 Å². The molecule has 0 radical (unpaired) electrons. The van der Waals surface area contributed by atoms with Gasteiger partial charge in [-0.1, -0.05) is 37.8 Å². The maximum Gasteiger partial charge on any atom is 0.418 e. The van der Waals surface area contributed by atoms with Crippen LogP contribution in [0.25, 0.3) is 0 Å². The summed E-state index contributed by atoms with van der Waals surface area (Å²) in [5, 5.41) is 12.5. The molecule has 0 spiro atoms. The van der Waals surface area contributed by atoms with Crippen LogP contribution in [0.4, 0.5) is 9.59 Å². The van der Waals surface area contributed by atoms with Crippen molar-refractivity contribution in [1.82, 2.24) is 35.4 Å². The molecule has 4 saturated heterocycles. The van der Waals surface area contributed by atoms with E-state index in [4.69, 9.17) is 25.3 Å². The van der Waals surface area contributed by atoms with Crippen molar-refractivity contribution in [2.24, 2.45) is 16.5 Å². The topological polar surface area (TPSA) is 252 Å². The first-order valence-electron chi connectivity index (χ1n) is 14.6. The van der Waals surface area contributed by atoms with Crippen molar-refractivity contribution in [3.8, 4) is 0 Å². The van der Waals surface area contributed by atoms with Gasteiger partial charge >= 0.3 is 22.5 Å². The zero-order valence-electron chi connectivity index (χ0n) is 25.0. The number of benzene rings is 1. The summed E-state index contributed by atoms with van der Waals surface area (Å²) in [5.74, 6) is 0.409. The van der Waals surface area contributed by atoms with Crippen molar-refractivity contribution in [1.29, 1.82) is 0 Å². The molecule has 2 aromatic rings. The molecule has 258 valence electrons. The molecular formula is C27H40N10O9S. The third kappa shape index (κ3) is 8.25. The van der Waals surface area contributed by atoms with E-state index in [9.17, 15) is 22.8 Å². The standard InChI is InChI=1S/C15H19N3O3.C11H17N7O6S.CH4/c1-16-14(19)13-8-7-12-9-17(13)15(20)18(12)21-10-11-5-3-2-4-6-11;12-10(13)14-4-3-8-15-16-9(23-8)7-2-1-6-5-17(7)11(19)18(6)24-25(20,21)22;/h2-6,12-13H,7-10H2,1H3,(H,16,19);6-7H,1-5H2,(H4,12,13,14)(H,20,21,22);1H4/t12-,13+;6-,7+;/m11./s1. The first kappa shape index (κ1) is 35.3. The van der Waals surface area contributed by atoms with Crippen molar-refractivity contribution in [2.45, 2.75) is 70.3 Å². The Morgan fingerprint density at radius 1 is 1.04 bits per heavy atom. The van der Waals surface area contributed by atoms with Gasteiger partial charge in [0.2, 0.25) is 17.7 Å². The lowest BCUT2D eigenvalue weighted by molar-refractivity contribution is -0.140. The highest BCUT2D eigenvalue weighted by Gasteiger charge is 2.49. The lowest BCUT2D eigenvalue weighted by atomic mass is 10.0. The molecule has 4 fully saturated rings. The monoisotopic (exact) mass is 680 g/mol. The number of urea groups is 2. The number of nitrogens with two attached hydrogens (primary N) is 2. The minimum absolute atomic E-state index is 0. The Hall–Kier alpha value is -4.53. The average Bonchev–Trinajstić information content (AvgIpc) is 3.66. The Balaban J connectivity index is 0.000000211. The molecule has 4 aliphatic heterocycles. The van der Waals surface area contributed by atoms with Crippen LogP contribution in [0, 0.1) is 0 Å². The molecule has 6 rings (SSSR count). The molecule has 20 heteroatoms. The molecule has 1 aromatic carbocycles. The van der Waals surface area contributed by atoms with Gasteiger partial charge in [-0.3, -0.25) is 19.2 Å². The Kier molecular flexibility index (Phi) is 11.2. The molecule has 5 heterocycles. The van der Waals surface area contributed by atoms with Crippen molar-refractivity contribution >= 4 is 34.3 Å². The summed E-state index contributed by atoms with van der Waals surface area (Å²) >= 11 is 0. The van der Waals surface area contributed by atoms with Crippen molar-refractivity contribution in [3.63, 3.8) is 0 Å². The second-order valence-corrected chi connectivity index (χ2v) is 12.0. The number of likely N-dealkylation sites (N-methyl/N-ethyl adjacent to an activating group) is 1. The van der Waals surface area contributed by atoms with Crippen LogP contribution in [0.15, 0.2) is 39.7 Å². The number of aliphatic imine (C=N–C) groups is 1. The van der Waals surface area contributed by atoms with Gasteiger partial charge in [0.15, 0.2) is 5.96 Å². The fourth-order valence-electron chi connectivity index (χ4n) is 5.83. The summed E-state index contributed by atoms with van der Waals surface area (Å²) in [4.78, 5) is 49.0. The third-order valence-electron chi connectivity index (χ3n) is 7.97. The number of hydroxylamine groups is 4. The maximum absolute atomic E-state index is 12.4. The van der Waals surface area contributed by atoms with Gasteiger partial charge in [0.1, 0.15) is 18.7 Å². The summed E-state index contributed by atoms with van der Waals surface area (Å²) in [6.45, 7) is 1.44. The van der Waals surface area contributed by atoms with Gasteiger partial charge in [-0.2, -0.15) is 18.5 Å². The molecule has 47 heavy (non-hydrogen) atoms. The maximum atomic E-state index is 12.4. The molecule has 4 bridgehead atoms. The van der Waals surface area contributed by atoms with E-state index in [1.165, 1.54) is 9.96 Å². The normalized spacial score (nSPS) is 23.2. The summed E-state index contributed by atoms with van der Waals surface area (Å²) in [7, 11) is -3.18. The molecule has 0 unspecified atom stereocenters. The molecule has 5 amide bonds. The summed E-state index contributed by atoms with van der Waals surface area (Å²) in [6.07, 6.45) is 2.74.